The zero-order valence-electron chi connectivity index (χ0n) is 11.9. The van der Waals surface area contributed by atoms with E-state index in [0.717, 1.165) is 12.8 Å². The molecule has 1 heterocycles. The van der Waals surface area contributed by atoms with E-state index in [1.54, 1.807) is 7.05 Å². The van der Waals surface area contributed by atoms with Crippen molar-refractivity contribution in [1.29, 1.82) is 0 Å². The highest BCUT2D eigenvalue weighted by atomic mass is 19.1. The molecule has 1 saturated heterocycles. The maximum Gasteiger partial charge on any atom is 0.263 e. The van der Waals surface area contributed by atoms with Crippen LogP contribution in [0.5, 0.6) is 5.75 Å². The molecule has 0 bridgehead atoms. The van der Waals surface area contributed by atoms with Crippen LogP contribution in [0.1, 0.15) is 24.8 Å². The fourth-order valence-electron chi connectivity index (χ4n) is 2.42. The summed E-state index contributed by atoms with van der Waals surface area (Å²) in [4.78, 5) is 13.2. The van der Waals surface area contributed by atoms with Crippen LogP contribution in [0.15, 0.2) is 12.1 Å². The predicted molar refractivity (Wildman–Crippen MR) is 72.9 cm³/mol. The van der Waals surface area contributed by atoms with Gasteiger partial charge in [0.25, 0.3) is 5.91 Å². The Labute approximate surface area is 122 Å². The minimum absolute atomic E-state index is 0.242. The van der Waals surface area contributed by atoms with Crippen molar-refractivity contribution in [3.63, 3.8) is 0 Å². The van der Waals surface area contributed by atoms with Crippen molar-refractivity contribution < 1.29 is 18.3 Å². The maximum absolute atomic E-state index is 14.0. The molecular weight excluding hydrogens is 278 g/mol. The Morgan fingerprint density at radius 3 is 2.48 bits per heavy atom. The Hall–Kier alpha value is -1.69. The molecule has 21 heavy (non-hydrogen) atoms. The van der Waals surface area contributed by atoms with Crippen molar-refractivity contribution in [2.75, 3.05) is 13.6 Å². The predicted octanol–water partition coefficient (Wildman–Crippen LogP) is 1.83. The summed E-state index contributed by atoms with van der Waals surface area (Å²) in [6.45, 7) is 0.972. The van der Waals surface area contributed by atoms with Crippen molar-refractivity contribution in [1.82, 2.24) is 10.2 Å². The normalized spacial score (nSPS) is 22.0. The number of nitrogens with zero attached hydrogens (tertiary/aromatic N) is 1. The van der Waals surface area contributed by atoms with Crippen molar-refractivity contribution in [2.45, 2.75) is 38.0 Å². The molecule has 3 rings (SSSR count). The van der Waals surface area contributed by atoms with Crippen molar-refractivity contribution in [3.05, 3.63) is 29.3 Å². The molecule has 1 N–H and O–H groups in total. The summed E-state index contributed by atoms with van der Waals surface area (Å²) in [5.74, 6) is -2.22. The van der Waals surface area contributed by atoms with Gasteiger partial charge >= 0.3 is 0 Å². The summed E-state index contributed by atoms with van der Waals surface area (Å²) in [6.07, 6.45) is 1.88. The van der Waals surface area contributed by atoms with Crippen LogP contribution in [0.25, 0.3) is 0 Å². The van der Waals surface area contributed by atoms with Crippen LogP contribution in [-0.2, 0) is 11.3 Å². The second kappa shape index (κ2) is 5.60. The van der Waals surface area contributed by atoms with Crippen LogP contribution in [0.3, 0.4) is 0 Å². The lowest BCUT2D eigenvalue weighted by molar-refractivity contribution is -0.132. The molecule has 1 aromatic carbocycles. The van der Waals surface area contributed by atoms with Crippen LogP contribution < -0.4 is 10.1 Å². The van der Waals surface area contributed by atoms with Crippen LogP contribution >= 0.6 is 0 Å². The highest BCUT2D eigenvalue weighted by Crippen LogP contribution is 2.27. The van der Waals surface area contributed by atoms with Crippen LogP contribution in [-0.4, -0.2) is 36.5 Å². The van der Waals surface area contributed by atoms with Gasteiger partial charge in [0.2, 0.25) is 0 Å². The molecule has 1 amide bonds. The molecule has 2 fully saturated rings. The highest BCUT2D eigenvalue weighted by molar-refractivity contribution is 5.83. The lowest BCUT2D eigenvalue weighted by atomic mass is 10.2. The molecule has 1 aliphatic heterocycles. The first kappa shape index (κ1) is 14.3. The molecule has 1 saturated carbocycles. The van der Waals surface area contributed by atoms with Crippen molar-refractivity contribution in [2.24, 2.45) is 0 Å². The molecule has 2 aliphatic rings. The zero-order valence-corrected chi connectivity index (χ0v) is 11.9. The largest absolute Gasteiger partial charge is 0.474 e. The number of hydrogen-bond acceptors (Lipinski definition) is 3. The van der Waals surface area contributed by atoms with E-state index in [1.165, 1.54) is 17.0 Å². The highest BCUT2D eigenvalue weighted by Gasteiger charge is 2.32. The second-order valence-corrected chi connectivity index (χ2v) is 5.70. The van der Waals surface area contributed by atoms with E-state index in [4.69, 9.17) is 4.74 Å². The first-order chi connectivity index (χ1) is 10.0. The topological polar surface area (TPSA) is 41.6 Å². The number of benzene rings is 1. The molecule has 1 aromatic rings. The number of hydrogen-bond donors (Lipinski definition) is 1. The monoisotopic (exact) mass is 296 g/mol. The Morgan fingerprint density at radius 1 is 1.29 bits per heavy atom. The van der Waals surface area contributed by atoms with Gasteiger partial charge in [-0.05, 0) is 30.5 Å². The van der Waals surface area contributed by atoms with E-state index in [0.29, 0.717) is 31.1 Å². The molecular formula is C15H18F2N2O2. The van der Waals surface area contributed by atoms with Gasteiger partial charge in [0, 0.05) is 32.6 Å². The summed E-state index contributed by atoms with van der Waals surface area (Å²) in [7, 11) is 1.64. The quantitative estimate of drug-likeness (QED) is 0.901. The third-order valence-electron chi connectivity index (χ3n) is 3.87. The Morgan fingerprint density at radius 2 is 1.95 bits per heavy atom. The second-order valence-electron chi connectivity index (χ2n) is 5.70. The van der Waals surface area contributed by atoms with Crippen molar-refractivity contribution in [3.8, 4) is 5.75 Å². The van der Waals surface area contributed by atoms with E-state index in [2.05, 4.69) is 5.32 Å². The zero-order chi connectivity index (χ0) is 15.0. The average molecular weight is 296 g/mol. The van der Waals surface area contributed by atoms with E-state index in [-0.39, 0.29) is 5.91 Å². The third kappa shape index (κ3) is 3.15. The molecule has 1 atom stereocenters. The Balaban J connectivity index is 1.71. The summed E-state index contributed by atoms with van der Waals surface area (Å²) in [5.41, 5.74) is 0.541. The van der Waals surface area contributed by atoms with Gasteiger partial charge in [0.1, 0.15) is 0 Å². The molecule has 6 heteroatoms. The molecule has 0 radical (unpaired) electrons. The molecule has 0 spiro atoms. The minimum atomic E-state index is -0.797. The Kier molecular flexibility index (Phi) is 3.80. The number of carbonyl (C=O) groups excluding carboxylic acids is 1. The number of rotatable bonds is 5. The summed E-state index contributed by atoms with van der Waals surface area (Å²) >= 11 is 0. The summed E-state index contributed by atoms with van der Waals surface area (Å²) in [6, 6.07) is 2.99. The molecule has 0 aromatic heterocycles. The SMILES string of the molecule is CN1CCC(Oc2c(F)cc(CNC3CC3)cc2F)C1=O. The molecule has 114 valence electrons. The number of nitrogens with one attached hydrogen (secondary N) is 1. The number of ether oxygens (including phenoxy) is 1. The van der Waals surface area contributed by atoms with E-state index >= 15 is 0 Å². The molecule has 1 aliphatic carbocycles. The number of halogens is 2. The van der Waals surface area contributed by atoms with E-state index in [9.17, 15) is 13.6 Å². The van der Waals surface area contributed by atoms with Gasteiger partial charge in [-0.25, -0.2) is 8.78 Å². The number of likely N-dealkylation sites (tertiary alicyclic amines) is 1. The Bertz CT molecular complexity index is 538. The minimum Gasteiger partial charge on any atom is -0.474 e. The van der Waals surface area contributed by atoms with Gasteiger partial charge in [-0.1, -0.05) is 0 Å². The number of carbonyl (C=O) groups is 1. The molecule has 4 nitrogen and oxygen atoms in total. The number of likely N-dealkylation sites (N-methyl/N-ethyl adjacent to an activating group) is 1. The first-order valence-corrected chi connectivity index (χ1v) is 7.17. The summed E-state index contributed by atoms with van der Waals surface area (Å²) in [5, 5.41) is 3.20. The maximum atomic E-state index is 14.0. The fourth-order valence-corrected chi connectivity index (χ4v) is 2.42. The smallest absolute Gasteiger partial charge is 0.263 e. The van der Waals surface area contributed by atoms with Gasteiger partial charge in [0.05, 0.1) is 0 Å². The summed E-state index contributed by atoms with van der Waals surface area (Å²) < 4.78 is 33.3. The average Bonchev–Trinajstić information content (AvgIpc) is 3.21. The van der Waals surface area contributed by atoms with E-state index < -0.39 is 23.5 Å². The van der Waals surface area contributed by atoms with E-state index in [1.807, 2.05) is 0 Å². The van der Waals surface area contributed by atoms with Gasteiger partial charge in [-0.3, -0.25) is 4.79 Å². The van der Waals surface area contributed by atoms with Crippen LogP contribution in [0.4, 0.5) is 8.78 Å². The van der Waals surface area contributed by atoms with Crippen LogP contribution in [0.2, 0.25) is 0 Å². The van der Waals surface area contributed by atoms with Crippen molar-refractivity contribution >= 4 is 5.91 Å². The van der Waals surface area contributed by atoms with Gasteiger partial charge in [-0.15, -0.1) is 0 Å². The standard InChI is InChI=1S/C15H18F2N2O2/c1-19-5-4-13(15(19)20)21-14-11(16)6-9(7-12(14)17)8-18-10-2-3-10/h6-7,10,13,18H,2-5,8H2,1H3. The molecule has 1 unspecified atom stereocenters. The number of amides is 1. The third-order valence-corrected chi connectivity index (χ3v) is 3.87. The lowest BCUT2D eigenvalue weighted by Gasteiger charge is -2.15. The van der Waals surface area contributed by atoms with Gasteiger partial charge in [0.15, 0.2) is 23.5 Å². The fraction of sp³-hybridized carbons (Fsp3) is 0.533. The van der Waals surface area contributed by atoms with Gasteiger partial charge in [-0.2, -0.15) is 0 Å². The first-order valence-electron chi connectivity index (χ1n) is 7.17. The van der Waals surface area contributed by atoms with Gasteiger partial charge < -0.3 is 15.0 Å². The van der Waals surface area contributed by atoms with Crippen LogP contribution in [0, 0.1) is 11.6 Å². The lowest BCUT2D eigenvalue weighted by Crippen LogP contribution is -2.30.